The molecule has 4 amide bonds. The SMILES string of the molecule is COc1cc(N2CCC(NCc3ccc4c(c3)C(=O)N(C3CCC(=O)NC3=O)C4=O)CC2)ccc1Nc1ncc(Cl)c(Nc2ccccc2P(=O)(OC)OC)n1. The third kappa shape index (κ3) is 7.84. The molecule has 0 radical (unpaired) electrons. The number of hydrogen-bond donors (Lipinski definition) is 4. The van der Waals surface area contributed by atoms with Crippen LogP contribution < -0.4 is 36.2 Å². The molecule has 1 unspecified atom stereocenters. The van der Waals surface area contributed by atoms with Gasteiger partial charge in [-0.1, -0.05) is 29.8 Å². The number of nitrogens with one attached hydrogen (secondary N) is 4. The van der Waals surface area contributed by atoms with Crippen LogP contribution in [0, 0.1) is 0 Å². The van der Waals surface area contributed by atoms with E-state index in [1.165, 1.54) is 20.4 Å². The van der Waals surface area contributed by atoms with Gasteiger partial charge in [0, 0.05) is 58.1 Å². The summed E-state index contributed by atoms with van der Waals surface area (Å²) in [5.41, 5.74) is 3.46. The number of para-hydroxylation sites is 1. The van der Waals surface area contributed by atoms with Crippen molar-refractivity contribution in [3.8, 4) is 5.75 Å². The van der Waals surface area contributed by atoms with Crippen LogP contribution in [-0.2, 0) is 29.7 Å². The summed E-state index contributed by atoms with van der Waals surface area (Å²) in [7, 11) is 0.645. The molecule has 3 aliphatic heterocycles. The normalized spacial score (nSPS) is 17.5. The molecule has 0 aliphatic carbocycles. The maximum Gasteiger partial charge on any atom is 0.362 e. The predicted octanol–water partition coefficient (Wildman–Crippen LogP) is 4.90. The molecule has 292 valence electrons. The van der Waals surface area contributed by atoms with Gasteiger partial charge in [-0.15, -0.1) is 0 Å². The second-order valence-electron chi connectivity index (χ2n) is 13.4. The maximum atomic E-state index is 13.2. The molecule has 18 heteroatoms. The van der Waals surface area contributed by atoms with Gasteiger partial charge < -0.3 is 34.6 Å². The van der Waals surface area contributed by atoms with E-state index >= 15 is 0 Å². The van der Waals surface area contributed by atoms with Crippen LogP contribution in [0.4, 0.5) is 28.8 Å². The molecular formula is C38H40ClN8O8P. The van der Waals surface area contributed by atoms with Gasteiger partial charge in [-0.2, -0.15) is 4.98 Å². The van der Waals surface area contributed by atoms with Crippen LogP contribution in [0.1, 0.15) is 52.0 Å². The first-order valence-corrected chi connectivity index (χ1v) is 19.8. The molecule has 1 atom stereocenters. The summed E-state index contributed by atoms with van der Waals surface area (Å²) in [5.74, 6) is -0.963. The quantitative estimate of drug-likeness (QED) is 0.105. The third-order valence-corrected chi connectivity index (χ3v) is 12.3. The Morgan fingerprint density at radius 2 is 1.64 bits per heavy atom. The molecular weight excluding hydrogens is 763 g/mol. The standard InChI is InChI=1S/C38H40ClN8O8P/c1-53-31-19-24(9-11-28(31)43-38-41-21-27(39)34(45-38)42-29-6-4-5-7-32(29)56(52,54-2)55-3)46-16-14-23(15-17-46)40-20-22-8-10-25-26(18-22)37(51)47(36(25)50)30-12-13-33(48)44-35(30)49/h4-11,18-19,21,23,30,40H,12-17,20H2,1-3H3,(H,44,48,49)(H2,41,42,43,45). The number of piperidine rings is 2. The van der Waals surface area contributed by atoms with Gasteiger partial charge in [0.2, 0.25) is 17.8 Å². The summed E-state index contributed by atoms with van der Waals surface area (Å²) in [6.45, 7) is 2.09. The highest BCUT2D eigenvalue weighted by Crippen LogP contribution is 2.47. The maximum absolute atomic E-state index is 13.2. The zero-order chi connectivity index (χ0) is 39.6. The fourth-order valence-corrected chi connectivity index (χ4v) is 8.44. The number of aromatic nitrogens is 2. The van der Waals surface area contributed by atoms with E-state index in [9.17, 15) is 23.7 Å². The fourth-order valence-electron chi connectivity index (χ4n) is 7.06. The van der Waals surface area contributed by atoms with Gasteiger partial charge in [0.05, 0.1) is 41.1 Å². The van der Waals surface area contributed by atoms with Crippen LogP contribution >= 0.6 is 19.2 Å². The van der Waals surface area contributed by atoms with Gasteiger partial charge in [-0.3, -0.25) is 34.0 Å². The summed E-state index contributed by atoms with van der Waals surface area (Å²) in [5, 5.41) is 12.7. The van der Waals surface area contributed by atoms with E-state index in [4.69, 9.17) is 25.4 Å². The van der Waals surface area contributed by atoms with Crippen molar-refractivity contribution in [3.63, 3.8) is 0 Å². The topological polar surface area (TPSA) is 193 Å². The van der Waals surface area contributed by atoms with E-state index in [-0.39, 0.29) is 46.8 Å². The Morgan fingerprint density at radius 3 is 2.38 bits per heavy atom. The summed E-state index contributed by atoms with van der Waals surface area (Å²) in [4.78, 5) is 62.4. The Hall–Kier alpha value is -5.38. The average Bonchev–Trinajstić information content (AvgIpc) is 3.46. The molecule has 56 heavy (non-hydrogen) atoms. The summed E-state index contributed by atoms with van der Waals surface area (Å²) in [6, 6.07) is 17.1. The number of carbonyl (C=O) groups is 4. The molecule has 1 aromatic heterocycles. The van der Waals surface area contributed by atoms with E-state index in [0.717, 1.165) is 42.1 Å². The first-order chi connectivity index (χ1) is 27.0. The monoisotopic (exact) mass is 802 g/mol. The van der Waals surface area contributed by atoms with Crippen LogP contribution in [0.5, 0.6) is 5.75 Å². The summed E-state index contributed by atoms with van der Waals surface area (Å²) >= 11 is 6.45. The lowest BCUT2D eigenvalue weighted by Crippen LogP contribution is -2.54. The van der Waals surface area contributed by atoms with E-state index in [0.29, 0.717) is 29.0 Å². The molecule has 2 fully saturated rings. The second kappa shape index (κ2) is 16.4. The lowest BCUT2D eigenvalue weighted by atomic mass is 10.0. The number of nitrogens with zero attached hydrogens (tertiary/aromatic N) is 4. The molecule has 2 saturated heterocycles. The molecule has 7 rings (SSSR count). The Morgan fingerprint density at radius 1 is 0.893 bits per heavy atom. The van der Waals surface area contributed by atoms with Crippen molar-refractivity contribution in [3.05, 3.63) is 88.6 Å². The van der Waals surface area contributed by atoms with Gasteiger partial charge >= 0.3 is 7.60 Å². The second-order valence-corrected chi connectivity index (χ2v) is 16.0. The number of anilines is 5. The van der Waals surface area contributed by atoms with Crippen LogP contribution in [0.3, 0.4) is 0 Å². The number of ether oxygens (including phenoxy) is 1. The Bertz CT molecular complexity index is 2240. The van der Waals surface area contributed by atoms with Gasteiger partial charge in [0.1, 0.15) is 16.8 Å². The van der Waals surface area contributed by atoms with Crippen LogP contribution in [0.15, 0.2) is 66.9 Å². The smallest absolute Gasteiger partial charge is 0.362 e. The largest absolute Gasteiger partial charge is 0.494 e. The Labute approximate surface area is 327 Å². The molecule has 4 aromatic rings. The number of carbonyl (C=O) groups excluding carboxylic acids is 4. The van der Waals surface area contributed by atoms with Crippen molar-refractivity contribution in [1.29, 1.82) is 0 Å². The van der Waals surface area contributed by atoms with E-state index < -0.39 is 37.3 Å². The Balaban J connectivity index is 0.953. The van der Waals surface area contributed by atoms with Gasteiger partial charge in [-0.25, -0.2) is 4.98 Å². The van der Waals surface area contributed by atoms with Crippen LogP contribution in [0.25, 0.3) is 0 Å². The number of benzene rings is 3. The van der Waals surface area contributed by atoms with Gasteiger partial charge in [0.25, 0.3) is 11.8 Å². The minimum Gasteiger partial charge on any atom is -0.494 e. The van der Waals surface area contributed by atoms with E-state index in [2.05, 4.69) is 36.1 Å². The minimum atomic E-state index is -3.58. The number of methoxy groups -OCH3 is 1. The van der Waals surface area contributed by atoms with Crippen molar-refractivity contribution < 1.29 is 37.5 Å². The highest BCUT2D eigenvalue weighted by Gasteiger charge is 2.44. The lowest BCUT2D eigenvalue weighted by molar-refractivity contribution is -0.136. The zero-order valence-corrected chi connectivity index (χ0v) is 32.5. The molecule has 0 spiro atoms. The number of amides is 4. The summed E-state index contributed by atoms with van der Waals surface area (Å²) < 4.78 is 29.3. The third-order valence-electron chi connectivity index (χ3n) is 10.1. The van der Waals surface area contributed by atoms with Crippen molar-refractivity contribution in [2.75, 3.05) is 50.0 Å². The highest BCUT2D eigenvalue weighted by atomic mass is 35.5. The molecule has 16 nitrogen and oxygen atoms in total. The average molecular weight is 803 g/mol. The molecule has 0 saturated carbocycles. The van der Waals surface area contributed by atoms with Crippen molar-refractivity contribution in [1.82, 2.24) is 25.5 Å². The van der Waals surface area contributed by atoms with Crippen LogP contribution in [-0.4, -0.2) is 85.0 Å². The highest BCUT2D eigenvalue weighted by molar-refractivity contribution is 7.62. The number of rotatable bonds is 13. The zero-order valence-electron chi connectivity index (χ0n) is 30.8. The first kappa shape index (κ1) is 38.9. The molecule has 4 N–H and O–H groups in total. The van der Waals surface area contributed by atoms with Gasteiger partial charge in [0.15, 0.2) is 5.82 Å². The fraction of sp³-hybridized carbons (Fsp3) is 0.316. The molecule has 3 aromatic carbocycles. The Kier molecular flexibility index (Phi) is 11.4. The van der Waals surface area contributed by atoms with Crippen molar-refractivity contribution >= 4 is 77.0 Å². The summed E-state index contributed by atoms with van der Waals surface area (Å²) in [6.07, 6.45) is 3.38. The molecule has 3 aliphatic rings. The molecule has 0 bridgehead atoms. The van der Waals surface area contributed by atoms with E-state index in [1.54, 1.807) is 43.5 Å². The van der Waals surface area contributed by atoms with Crippen molar-refractivity contribution in [2.45, 2.75) is 44.3 Å². The predicted molar refractivity (Wildman–Crippen MR) is 209 cm³/mol. The van der Waals surface area contributed by atoms with E-state index in [1.807, 2.05) is 24.3 Å². The number of halogens is 1. The van der Waals surface area contributed by atoms with Gasteiger partial charge in [-0.05, 0) is 61.2 Å². The molecule has 4 heterocycles. The lowest BCUT2D eigenvalue weighted by Gasteiger charge is -2.34. The first-order valence-electron chi connectivity index (χ1n) is 17.9. The van der Waals surface area contributed by atoms with Crippen molar-refractivity contribution in [2.24, 2.45) is 0 Å². The number of fused-ring (bicyclic) bond motifs is 1. The van der Waals surface area contributed by atoms with Crippen LogP contribution in [0.2, 0.25) is 5.02 Å². The minimum absolute atomic E-state index is 0.0729. The number of imide groups is 2. The number of hydrogen-bond acceptors (Lipinski definition) is 14.